The molecule has 1 N–H and O–H groups in total. The molecule has 1 amide bonds. The molecule has 2 aliphatic rings. The average Bonchev–Trinajstić information content (AvgIpc) is 3.03. The van der Waals surface area contributed by atoms with Crippen molar-refractivity contribution in [3.63, 3.8) is 0 Å². The highest BCUT2D eigenvalue weighted by molar-refractivity contribution is 5.98. The molecule has 0 aromatic heterocycles. The number of aliphatic imine (C=N–C) groups is 1. The van der Waals surface area contributed by atoms with Crippen LogP contribution < -0.4 is 10.2 Å². The lowest BCUT2D eigenvalue weighted by Crippen LogP contribution is -2.44. The van der Waals surface area contributed by atoms with E-state index < -0.39 is 0 Å². The van der Waals surface area contributed by atoms with Crippen LogP contribution in [0.15, 0.2) is 76.9 Å². The second kappa shape index (κ2) is 7.08. The first-order valence-electron chi connectivity index (χ1n) is 9.31. The largest absolute Gasteiger partial charge is 0.348 e. The van der Waals surface area contributed by atoms with Crippen LogP contribution in [0.5, 0.6) is 0 Å². The van der Waals surface area contributed by atoms with Gasteiger partial charge in [0.2, 0.25) is 0 Å². The number of rotatable bonds is 4. The zero-order chi connectivity index (χ0) is 19.7. The maximum atomic E-state index is 13.7. The first-order chi connectivity index (χ1) is 13.5. The van der Waals surface area contributed by atoms with Crippen molar-refractivity contribution in [3.05, 3.63) is 88.9 Å². The van der Waals surface area contributed by atoms with Crippen molar-refractivity contribution in [2.24, 2.45) is 4.99 Å². The fourth-order valence-electron chi connectivity index (χ4n) is 3.63. The summed E-state index contributed by atoms with van der Waals surface area (Å²) in [5, 5.41) is 2.79. The number of benzene rings is 2. The molecule has 1 aliphatic carbocycles. The molecule has 28 heavy (non-hydrogen) atoms. The third kappa shape index (κ3) is 3.24. The Kier molecular flexibility index (Phi) is 4.59. The van der Waals surface area contributed by atoms with Crippen molar-refractivity contribution in [3.8, 4) is 0 Å². The van der Waals surface area contributed by atoms with E-state index in [1.165, 1.54) is 11.6 Å². The van der Waals surface area contributed by atoms with E-state index in [1.54, 1.807) is 18.2 Å². The molecule has 5 heteroatoms. The third-order valence-electron chi connectivity index (χ3n) is 5.35. The van der Waals surface area contributed by atoms with Crippen LogP contribution in [0, 0.1) is 12.7 Å². The van der Waals surface area contributed by atoms with Crippen LogP contribution in [-0.4, -0.2) is 17.8 Å². The number of halogens is 1. The molecule has 1 aliphatic heterocycles. The fraction of sp³-hybridized carbons (Fsp3) is 0.217. The molecule has 1 heterocycles. The minimum Gasteiger partial charge on any atom is -0.348 e. The van der Waals surface area contributed by atoms with E-state index in [9.17, 15) is 9.18 Å². The molecule has 142 valence electrons. The second-order valence-corrected chi connectivity index (χ2v) is 7.39. The van der Waals surface area contributed by atoms with E-state index >= 15 is 0 Å². The van der Waals surface area contributed by atoms with E-state index in [0.29, 0.717) is 17.6 Å². The number of anilines is 1. The van der Waals surface area contributed by atoms with E-state index in [-0.39, 0.29) is 23.8 Å². The number of nitrogens with one attached hydrogen (secondary N) is 1. The van der Waals surface area contributed by atoms with Gasteiger partial charge in [0, 0.05) is 23.4 Å². The standard InChI is InChI=1S/C23H22FN3O/c1-16-6-5-8-19(12-16)27-15-26-21-13-17(10-11-23(21,27)2)22(28)25-14-18-7-3-4-9-20(18)24/h3-10,12-13,15H,11,14H2,1-2H3,(H,25,28). The summed E-state index contributed by atoms with van der Waals surface area (Å²) < 4.78 is 13.7. The first kappa shape index (κ1) is 18.2. The number of hydrogen-bond donors (Lipinski definition) is 1. The van der Waals surface area contributed by atoms with Gasteiger partial charge in [0.25, 0.3) is 5.91 Å². The van der Waals surface area contributed by atoms with Gasteiger partial charge in [-0.15, -0.1) is 0 Å². The van der Waals surface area contributed by atoms with Crippen LogP contribution in [0.3, 0.4) is 0 Å². The molecule has 0 bridgehead atoms. The minimum atomic E-state index is -0.319. The van der Waals surface area contributed by atoms with Crippen LogP contribution in [-0.2, 0) is 11.3 Å². The van der Waals surface area contributed by atoms with Crippen molar-refractivity contribution in [1.29, 1.82) is 0 Å². The van der Waals surface area contributed by atoms with Crippen LogP contribution in [0.4, 0.5) is 10.1 Å². The number of amides is 1. The number of carbonyl (C=O) groups excluding carboxylic acids is 1. The lowest BCUT2D eigenvalue weighted by atomic mass is 9.86. The average molecular weight is 375 g/mol. The van der Waals surface area contributed by atoms with Gasteiger partial charge in [-0.05, 0) is 50.1 Å². The van der Waals surface area contributed by atoms with E-state index in [4.69, 9.17) is 0 Å². The number of fused-ring (bicyclic) bond motifs is 1. The topological polar surface area (TPSA) is 44.7 Å². The van der Waals surface area contributed by atoms with Crippen molar-refractivity contribution in [1.82, 2.24) is 5.32 Å². The SMILES string of the molecule is Cc1cccc(N2C=NC3=CC(C(=O)NCc4ccccc4F)=CCC32C)c1. The molecule has 2 aromatic carbocycles. The van der Waals surface area contributed by atoms with Crippen LogP contribution in [0.1, 0.15) is 24.5 Å². The Labute approximate surface area is 164 Å². The molecule has 0 fully saturated rings. The van der Waals surface area contributed by atoms with Gasteiger partial charge in [-0.3, -0.25) is 4.79 Å². The molecule has 0 saturated heterocycles. The Bertz CT molecular complexity index is 1020. The molecule has 0 spiro atoms. The lowest BCUT2D eigenvalue weighted by Gasteiger charge is -2.37. The molecular weight excluding hydrogens is 353 g/mol. The summed E-state index contributed by atoms with van der Waals surface area (Å²) in [5.74, 6) is -0.539. The van der Waals surface area contributed by atoms with Gasteiger partial charge in [0.05, 0.1) is 17.6 Å². The number of aryl methyl sites for hydroxylation is 1. The number of hydrogen-bond acceptors (Lipinski definition) is 3. The summed E-state index contributed by atoms with van der Waals surface area (Å²) >= 11 is 0. The van der Waals surface area contributed by atoms with Crippen LogP contribution >= 0.6 is 0 Å². The highest BCUT2D eigenvalue weighted by Gasteiger charge is 2.41. The van der Waals surface area contributed by atoms with Crippen molar-refractivity contribution >= 4 is 17.9 Å². The van der Waals surface area contributed by atoms with E-state index in [2.05, 4.69) is 47.3 Å². The summed E-state index contributed by atoms with van der Waals surface area (Å²) in [7, 11) is 0. The molecule has 4 nitrogen and oxygen atoms in total. The predicted molar refractivity (Wildman–Crippen MR) is 110 cm³/mol. The van der Waals surface area contributed by atoms with Gasteiger partial charge in [-0.1, -0.05) is 36.4 Å². The zero-order valence-electron chi connectivity index (χ0n) is 15.9. The molecular formula is C23H22FN3O. The molecule has 0 saturated carbocycles. The Balaban J connectivity index is 1.49. The van der Waals surface area contributed by atoms with Gasteiger partial charge in [0.1, 0.15) is 5.82 Å². The van der Waals surface area contributed by atoms with Gasteiger partial charge >= 0.3 is 0 Å². The lowest BCUT2D eigenvalue weighted by molar-refractivity contribution is -0.117. The minimum absolute atomic E-state index is 0.155. The number of carbonyl (C=O) groups is 1. The summed E-state index contributed by atoms with van der Waals surface area (Å²) in [5.41, 5.74) is 3.83. The highest BCUT2D eigenvalue weighted by Crippen LogP contribution is 2.40. The van der Waals surface area contributed by atoms with Gasteiger partial charge < -0.3 is 10.2 Å². The fourth-order valence-corrected chi connectivity index (χ4v) is 3.63. The van der Waals surface area contributed by atoms with Gasteiger partial charge in [-0.2, -0.15) is 0 Å². The zero-order valence-corrected chi connectivity index (χ0v) is 15.9. The maximum Gasteiger partial charge on any atom is 0.251 e. The molecule has 4 rings (SSSR count). The molecule has 1 unspecified atom stereocenters. The van der Waals surface area contributed by atoms with E-state index in [1.807, 2.05) is 24.6 Å². The summed E-state index contributed by atoms with van der Waals surface area (Å²) in [6, 6.07) is 14.7. The molecule has 2 aromatic rings. The summed E-state index contributed by atoms with van der Waals surface area (Å²) in [6.45, 7) is 4.34. The Morgan fingerprint density at radius 2 is 2.07 bits per heavy atom. The summed E-state index contributed by atoms with van der Waals surface area (Å²) in [6.07, 6.45) is 6.24. The normalized spacial score (nSPS) is 20.5. The monoisotopic (exact) mass is 375 g/mol. The van der Waals surface area contributed by atoms with Crippen LogP contribution in [0.2, 0.25) is 0 Å². The summed E-state index contributed by atoms with van der Waals surface area (Å²) in [4.78, 5) is 19.3. The quantitative estimate of drug-likeness (QED) is 0.867. The number of nitrogens with zero attached hydrogens (tertiary/aromatic N) is 2. The van der Waals surface area contributed by atoms with E-state index in [0.717, 1.165) is 11.4 Å². The maximum absolute atomic E-state index is 13.7. The van der Waals surface area contributed by atoms with Crippen LogP contribution in [0.25, 0.3) is 0 Å². The van der Waals surface area contributed by atoms with Crippen molar-refractivity contribution in [2.45, 2.75) is 32.4 Å². The molecule has 1 atom stereocenters. The van der Waals surface area contributed by atoms with Crippen molar-refractivity contribution in [2.75, 3.05) is 4.90 Å². The Morgan fingerprint density at radius 1 is 1.25 bits per heavy atom. The predicted octanol–water partition coefficient (Wildman–Crippen LogP) is 4.27. The Morgan fingerprint density at radius 3 is 2.86 bits per heavy atom. The third-order valence-corrected chi connectivity index (χ3v) is 5.35. The molecule has 0 radical (unpaired) electrons. The van der Waals surface area contributed by atoms with Gasteiger partial charge in [-0.25, -0.2) is 9.38 Å². The first-order valence-corrected chi connectivity index (χ1v) is 9.31. The smallest absolute Gasteiger partial charge is 0.251 e. The Hall–Kier alpha value is -3.21. The second-order valence-electron chi connectivity index (χ2n) is 7.39. The van der Waals surface area contributed by atoms with Crippen molar-refractivity contribution < 1.29 is 9.18 Å². The highest BCUT2D eigenvalue weighted by atomic mass is 19.1. The van der Waals surface area contributed by atoms with Gasteiger partial charge in [0.15, 0.2) is 0 Å².